The van der Waals surface area contributed by atoms with Crippen LogP contribution in [0.15, 0.2) is 110 Å². The van der Waals surface area contributed by atoms with E-state index in [1.54, 1.807) is 26.2 Å². The first-order valence-electron chi connectivity index (χ1n) is 25.8. The molecule has 0 aliphatic carbocycles. The molecule has 0 atom stereocenters. The molecule has 0 saturated heterocycles. The maximum absolute atomic E-state index is 13.2. The molecule has 13 rings (SSSR count). The van der Waals surface area contributed by atoms with Gasteiger partial charge in [0.1, 0.15) is 48.5 Å². The van der Waals surface area contributed by atoms with Crippen LogP contribution in [0.1, 0.15) is 48.2 Å². The number of carbonyl (C=O) groups excluding carboxylic acids is 3. The van der Waals surface area contributed by atoms with Crippen LogP contribution >= 0.6 is 34.8 Å². The lowest BCUT2D eigenvalue weighted by atomic mass is 10.0. The van der Waals surface area contributed by atoms with E-state index in [1.165, 1.54) is 39.3 Å². The van der Waals surface area contributed by atoms with Crippen molar-refractivity contribution in [2.75, 3.05) is 42.8 Å². The monoisotopic (exact) mass is 1360 g/mol. The molecule has 3 aliphatic heterocycles. The maximum Gasteiger partial charge on any atom is 0.273 e. The van der Waals surface area contributed by atoms with Gasteiger partial charge in [0.15, 0.2) is 50.5 Å². The summed E-state index contributed by atoms with van der Waals surface area (Å²) < 4.78 is 36.0. The molecular weight excluding hydrogens is 1310 g/mol. The summed E-state index contributed by atoms with van der Waals surface area (Å²) in [6.45, 7) is 1.35. The van der Waals surface area contributed by atoms with E-state index in [9.17, 15) is 18.8 Å². The topological polar surface area (TPSA) is 321 Å². The second-order valence-corrected chi connectivity index (χ2v) is 19.9. The highest BCUT2D eigenvalue weighted by atomic mass is 127. The number of nitrogens with two attached hydrogens (primary N) is 1. The number of rotatable bonds is 9. The predicted octanol–water partition coefficient (Wildman–Crippen LogP) is 5.84. The van der Waals surface area contributed by atoms with Gasteiger partial charge in [-0.2, -0.15) is 15.3 Å². The van der Waals surface area contributed by atoms with Gasteiger partial charge >= 0.3 is 0 Å². The molecule has 3 aliphatic rings. The molecule has 8 N–H and O–H groups in total. The summed E-state index contributed by atoms with van der Waals surface area (Å²) in [4.78, 5) is 39.4. The molecule has 7 aromatic heterocycles. The lowest BCUT2D eigenvalue weighted by Crippen LogP contribution is -3.00. The number of aromatic nitrogens is 13. The molecule has 0 radical (unpaired) electrons. The van der Waals surface area contributed by atoms with Gasteiger partial charge in [-0.25, -0.2) is 9.37 Å². The predicted molar refractivity (Wildman–Crippen MR) is 325 cm³/mol. The van der Waals surface area contributed by atoms with E-state index in [0.717, 1.165) is 62.4 Å². The number of hydrogen-bond donors (Lipinski definition) is 7. The first kappa shape index (κ1) is 64.2. The number of nitrogens with zero attached hydrogens (tertiary/aromatic N) is 13. The Kier molecular flexibility index (Phi) is 20.6. The zero-order valence-corrected chi connectivity index (χ0v) is 52.2. The van der Waals surface area contributed by atoms with E-state index in [-0.39, 0.29) is 75.6 Å². The fourth-order valence-corrected chi connectivity index (χ4v) is 9.57. The molecule has 0 bridgehead atoms. The van der Waals surface area contributed by atoms with E-state index in [2.05, 4.69) is 82.8 Å². The summed E-state index contributed by atoms with van der Waals surface area (Å²) in [5.74, 6) is 1.13. The highest BCUT2D eigenvalue weighted by Crippen LogP contribution is 2.45. The number of ether oxygens (including phenoxy) is 3. The molecule has 10 heterocycles. The SMILES string of the molecule is CNC(=O)c1nnc(Cl)cc1Cl.CNC(=O)c1nnc(Cl)cc1Nc1cccc2c1OCc1cn(C)nc1-2.CNC(=O)c1nnc(Nc2ccc(F)cn2)cc1Nc1cccc2c1OCc1cn(C)nc1-2.Cn1cc2c(n1)-c1cccc(N)c1OC2.[CH3-].[I-]. The normalized spacial score (nSPS) is 11.4. The molecule has 0 fully saturated rings. The molecule has 3 amide bonds. The van der Waals surface area contributed by atoms with Crippen molar-refractivity contribution < 1.29 is 57.0 Å². The number of aryl methyl sites for hydroxylation is 3. The molecule has 26 nitrogen and oxygen atoms in total. The van der Waals surface area contributed by atoms with Crippen molar-refractivity contribution in [3.63, 3.8) is 0 Å². The number of para-hydroxylation sites is 3. The number of hydrogen-bond acceptors (Lipinski definition) is 20. The standard InChI is InChI=1S/C22H19FN8O2.C17H15ClN6O2.C11H11N3O.C6H5Cl2N3O.CH3.HI/c1-24-22(32)20-16(8-18(28-29-20)27-17-7-6-13(23)9-25-17)26-15-5-3-4-14-19-12(10-31(2)30-19)11-33-21(14)15;1-19-17(25)15-12(6-13(18)21-22-15)20-11-5-3-4-10-14-9(7-24(2)23-14)8-26-16(10)11;1-14-5-7-6-15-11-8(10(7)13-14)3-2-4-9(11)12;1-9-6(12)5-3(7)2-4(8)10-11-5;;/h3-10H,11H2,1-2H3,(H,24,32)(H2,25,26,27,28);3-7H,8H2,1-2H3,(H,19,25)(H,20,21);2-5H,6,12H2,1H3;2H,1H3,(H,9,12);1H3;1H/q;;;;-1;/p-1. The number of halogens is 5. The fraction of sp³-hybridized carbons (Fsp3) is 0.158. The third-order valence-corrected chi connectivity index (χ3v) is 13.5. The molecule has 88 heavy (non-hydrogen) atoms. The molecule has 0 saturated carbocycles. The van der Waals surface area contributed by atoms with Crippen molar-refractivity contribution in [2.45, 2.75) is 19.8 Å². The largest absolute Gasteiger partial charge is 1.00 e. The maximum atomic E-state index is 13.2. The zero-order chi connectivity index (χ0) is 60.8. The van der Waals surface area contributed by atoms with Crippen LogP contribution in [0.2, 0.25) is 15.3 Å². The number of anilines is 7. The van der Waals surface area contributed by atoms with Gasteiger partial charge in [0.25, 0.3) is 17.7 Å². The smallest absolute Gasteiger partial charge is 0.273 e. The van der Waals surface area contributed by atoms with Crippen molar-refractivity contribution >= 4 is 92.6 Å². The van der Waals surface area contributed by atoms with Crippen molar-refractivity contribution in [1.82, 2.24) is 80.9 Å². The molecule has 454 valence electrons. The van der Waals surface area contributed by atoms with Gasteiger partial charge in [0, 0.05) is 106 Å². The van der Waals surface area contributed by atoms with Crippen molar-refractivity contribution in [1.29, 1.82) is 0 Å². The van der Waals surface area contributed by atoms with Gasteiger partial charge in [0.2, 0.25) is 0 Å². The van der Waals surface area contributed by atoms with Crippen LogP contribution in [0.4, 0.5) is 44.5 Å². The van der Waals surface area contributed by atoms with Crippen LogP contribution in [0, 0.1) is 13.2 Å². The number of fused-ring (bicyclic) bond motifs is 9. The van der Waals surface area contributed by atoms with Crippen LogP contribution in [0.5, 0.6) is 17.2 Å². The third-order valence-electron chi connectivity index (χ3n) is 12.8. The summed E-state index contributed by atoms with van der Waals surface area (Å²) in [5.41, 5.74) is 17.6. The van der Waals surface area contributed by atoms with Crippen LogP contribution in [0.25, 0.3) is 33.8 Å². The van der Waals surface area contributed by atoms with E-state index in [0.29, 0.717) is 71.4 Å². The van der Waals surface area contributed by atoms with Gasteiger partial charge < -0.3 is 83.2 Å². The van der Waals surface area contributed by atoms with Crippen molar-refractivity contribution in [3.05, 3.63) is 172 Å². The van der Waals surface area contributed by atoms with Gasteiger partial charge in [0.05, 0.1) is 39.7 Å². The number of carbonyl (C=O) groups is 3. The van der Waals surface area contributed by atoms with E-state index in [4.69, 9.17) is 54.7 Å². The van der Waals surface area contributed by atoms with Crippen LogP contribution in [0.3, 0.4) is 0 Å². The second-order valence-electron chi connectivity index (χ2n) is 18.7. The average molecular weight is 1370 g/mol. The first-order valence-corrected chi connectivity index (χ1v) is 26.9. The number of benzene rings is 3. The Morgan fingerprint density at radius 1 is 0.523 bits per heavy atom. The molecule has 10 aromatic rings. The second kappa shape index (κ2) is 28.2. The van der Waals surface area contributed by atoms with Gasteiger partial charge in [-0.15, -0.1) is 30.6 Å². The minimum Gasteiger partial charge on any atom is -1.00 e. The zero-order valence-electron chi connectivity index (χ0n) is 47.7. The summed E-state index contributed by atoms with van der Waals surface area (Å²) in [7, 11) is 10.2. The van der Waals surface area contributed by atoms with Gasteiger partial charge in [-0.1, -0.05) is 53.0 Å². The third kappa shape index (κ3) is 14.2. The number of amides is 3. The number of nitrogen functional groups attached to an aromatic ring is 1. The lowest BCUT2D eigenvalue weighted by Gasteiger charge is -2.21. The first-order chi connectivity index (χ1) is 41.5. The Morgan fingerprint density at radius 2 is 0.955 bits per heavy atom. The lowest BCUT2D eigenvalue weighted by molar-refractivity contribution is -0.0000429. The summed E-state index contributed by atoms with van der Waals surface area (Å²) in [6, 6.07) is 24.4. The average Bonchev–Trinajstić information content (AvgIpc) is 1.70. The highest BCUT2D eigenvalue weighted by molar-refractivity contribution is 6.35. The molecule has 31 heteroatoms. The van der Waals surface area contributed by atoms with E-state index in [1.807, 2.05) is 94.3 Å². The van der Waals surface area contributed by atoms with Crippen LogP contribution < -0.4 is 75.8 Å². The van der Waals surface area contributed by atoms with Crippen LogP contribution in [-0.4, -0.2) is 104 Å². The minimum atomic E-state index is -0.450. The van der Waals surface area contributed by atoms with Crippen LogP contribution in [-0.2, 0) is 41.0 Å². The molecule has 0 unspecified atom stereocenters. The Balaban J connectivity index is 0.000000162. The quantitative estimate of drug-likeness (QED) is 0.0507. The van der Waals surface area contributed by atoms with Crippen molar-refractivity contribution in [3.8, 4) is 51.0 Å². The van der Waals surface area contributed by atoms with Gasteiger partial charge in [-0.05, 0) is 54.6 Å². The fourth-order valence-electron chi connectivity index (χ4n) is 8.99. The van der Waals surface area contributed by atoms with Gasteiger partial charge in [-0.3, -0.25) is 28.4 Å². The molecule has 3 aromatic carbocycles. The molecule has 0 spiro atoms. The highest BCUT2D eigenvalue weighted by Gasteiger charge is 2.27. The number of nitrogens with one attached hydrogen (secondary N) is 6. The Bertz CT molecular complexity index is 4230. The summed E-state index contributed by atoms with van der Waals surface area (Å²) >= 11 is 17.1. The van der Waals surface area contributed by atoms with Crippen molar-refractivity contribution in [2.24, 2.45) is 21.1 Å². The molecular formula is C57H53Cl3FIN20O6-2. The Labute approximate surface area is 534 Å². The van der Waals surface area contributed by atoms with E-state index >= 15 is 0 Å². The summed E-state index contributed by atoms with van der Waals surface area (Å²) in [6.07, 6.45) is 6.93. The minimum absolute atomic E-state index is 0. The Hall–Kier alpha value is -9.78. The van der Waals surface area contributed by atoms with E-state index < -0.39 is 11.7 Å². The Morgan fingerprint density at radius 3 is 1.43 bits per heavy atom. The number of pyridine rings is 1. The summed E-state index contributed by atoms with van der Waals surface area (Å²) in [5, 5.41) is 53.6.